The Kier molecular flexibility index (Phi) is 5.60. The van der Waals surface area contributed by atoms with E-state index in [2.05, 4.69) is 11.3 Å². The van der Waals surface area contributed by atoms with E-state index in [1.54, 1.807) is 0 Å². The molecular formula is C14H16F3NO4S. The van der Waals surface area contributed by atoms with Crippen LogP contribution in [0.4, 0.5) is 13.2 Å². The normalized spacial score (nSPS) is 14.8. The number of rotatable bonds is 6. The largest absolute Gasteiger partial charge is 0.467 e. The van der Waals surface area contributed by atoms with E-state index in [9.17, 15) is 26.4 Å². The maximum Gasteiger partial charge on any atom is 0.418 e. The lowest BCUT2D eigenvalue weighted by Gasteiger charge is -2.33. The first-order valence-corrected chi connectivity index (χ1v) is 7.83. The minimum atomic E-state index is -5.22. The van der Waals surface area contributed by atoms with Crippen LogP contribution in [-0.4, -0.2) is 33.2 Å². The van der Waals surface area contributed by atoms with Crippen LogP contribution in [0.15, 0.2) is 47.4 Å². The first-order valence-electron chi connectivity index (χ1n) is 6.35. The summed E-state index contributed by atoms with van der Waals surface area (Å²) < 4.78 is 70.8. The molecule has 0 spiro atoms. The van der Waals surface area contributed by atoms with Gasteiger partial charge >= 0.3 is 12.1 Å². The molecule has 0 radical (unpaired) electrons. The van der Waals surface area contributed by atoms with Gasteiger partial charge in [-0.2, -0.15) is 17.9 Å². The second-order valence-electron chi connectivity index (χ2n) is 4.95. The number of ether oxygens (including phenoxy) is 1. The van der Waals surface area contributed by atoms with Crippen molar-refractivity contribution < 1.29 is 31.1 Å². The Morgan fingerprint density at radius 1 is 1.26 bits per heavy atom. The summed E-state index contributed by atoms with van der Waals surface area (Å²) in [5.74, 6) is -1.76. The van der Waals surface area contributed by atoms with E-state index in [4.69, 9.17) is 0 Å². The molecule has 0 amide bonds. The third kappa shape index (κ3) is 4.11. The SMILES string of the molecule is C=C(C)C[C@@](NS(=O)(=O)c1ccccc1)(C(=O)OC)C(F)(F)F. The van der Waals surface area contributed by atoms with E-state index in [-0.39, 0.29) is 5.57 Å². The summed E-state index contributed by atoms with van der Waals surface area (Å²) in [5, 5.41) is 0. The Hall–Kier alpha value is -1.87. The standard InChI is InChI=1S/C14H16F3NO4S/c1-10(2)9-13(12(19)22-3,14(15,16)17)18-23(20,21)11-7-5-4-6-8-11/h4-8,18H,1,9H2,2-3H3/t13-/m1/s1. The zero-order valence-corrected chi connectivity index (χ0v) is 13.3. The summed E-state index contributed by atoms with van der Waals surface area (Å²) in [4.78, 5) is 11.4. The molecule has 0 aliphatic heterocycles. The van der Waals surface area contributed by atoms with E-state index in [0.717, 1.165) is 19.2 Å². The Morgan fingerprint density at radius 2 is 1.78 bits per heavy atom. The molecule has 1 rings (SSSR count). The van der Waals surface area contributed by atoms with Crippen LogP contribution >= 0.6 is 0 Å². The van der Waals surface area contributed by atoms with Crippen molar-refractivity contribution in [1.82, 2.24) is 4.72 Å². The lowest BCUT2D eigenvalue weighted by atomic mass is 9.92. The monoisotopic (exact) mass is 351 g/mol. The highest BCUT2D eigenvalue weighted by Gasteiger charge is 2.63. The summed E-state index contributed by atoms with van der Waals surface area (Å²) >= 11 is 0. The average Bonchev–Trinajstić information content (AvgIpc) is 2.44. The number of benzene rings is 1. The van der Waals surface area contributed by atoms with Gasteiger partial charge in [0, 0.05) is 6.42 Å². The van der Waals surface area contributed by atoms with E-state index >= 15 is 0 Å². The molecule has 0 aromatic heterocycles. The van der Waals surface area contributed by atoms with Crippen molar-refractivity contribution in [2.45, 2.75) is 30.0 Å². The summed E-state index contributed by atoms with van der Waals surface area (Å²) in [7, 11) is -3.87. The van der Waals surface area contributed by atoms with Gasteiger partial charge in [-0.15, -0.1) is 6.58 Å². The van der Waals surface area contributed by atoms with Crippen LogP contribution in [-0.2, 0) is 19.6 Å². The predicted octanol–water partition coefficient (Wildman–Crippen LogP) is 2.41. The summed E-state index contributed by atoms with van der Waals surface area (Å²) in [5.41, 5.74) is -3.48. The van der Waals surface area contributed by atoms with Crippen molar-refractivity contribution >= 4 is 16.0 Å². The topological polar surface area (TPSA) is 72.5 Å². The van der Waals surface area contributed by atoms with Crippen LogP contribution in [0.3, 0.4) is 0 Å². The molecule has 1 aromatic rings. The molecule has 0 aliphatic carbocycles. The molecule has 0 fully saturated rings. The molecule has 5 nitrogen and oxygen atoms in total. The molecule has 0 unspecified atom stereocenters. The third-order valence-corrected chi connectivity index (χ3v) is 4.46. The van der Waals surface area contributed by atoms with E-state index in [1.807, 2.05) is 0 Å². The van der Waals surface area contributed by atoms with Gasteiger partial charge in [0.05, 0.1) is 12.0 Å². The molecule has 0 saturated heterocycles. The van der Waals surface area contributed by atoms with Crippen molar-refractivity contribution in [3.05, 3.63) is 42.5 Å². The smallest absolute Gasteiger partial charge is 0.418 e. The molecule has 1 aromatic carbocycles. The number of methoxy groups -OCH3 is 1. The number of esters is 1. The molecule has 1 N–H and O–H groups in total. The first-order chi connectivity index (χ1) is 10.5. The molecule has 9 heteroatoms. The van der Waals surface area contributed by atoms with Gasteiger partial charge in [0.15, 0.2) is 0 Å². The van der Waals surface area contributed by atoms with Gasteiger partial charge in [-0.1, -0.05) is 23.8 Å². The van der Waals surface area contributed by atoms with Crippen molar-refractivity contribution in [2.75, 3.05) is 7.11 Å². The Bertz CT molecular complexity index is 686. The lowest BCUT2D eigenvalue weighted by Crippen LogP contribution is -2.64. The Labute approximate surface area is 132 Å². The second-order valence-corrected chi connectivity index (χ2v) is 6.63. The minimum absolute atomic E-state index is 0.0384. The fourth-order valence-electron chi connectivity index (χ4n) is 1.94. The van der Waals surface area contributed by atoms with E-state index in [0.29, 0.717) is 0 Å². The van der Waals surface area contributed by atoms with Crippen LogP contribution in [0, 0.1) is 0 Å². The van der Waals surface area contributed by atoms with Crippen molar-refractivity contribution in [3.63, 3.8) is 0 Å². The fourth-order valence-corrected chi connectivity index (χ4v) is 3.30. The summed E-state index contributed by atoms with van der Waals surface area (Å²) in [6.07, 6.45) is -6.20. The van der Waals surface area contributed by atoms with Gasteiger partial charge in [-0.25, -0.2) is 13.2 Å². The predicted molar refractivity (Wildman–Crippen MR) is 77.0 cm³/mol. The van der Waals surface area contributed by atoms with Gasteiger partial charge in [0.1, 0.15) is 0 Å². The molecule has 128 valence electrons. The van der Waals surface area contributed by atoms with Gasteiger partial charge in [-0.3, -0.25) is 0 Å². The lowest BCUT2D eigenvalue weighted by molar-refractivity contribution is -0.207. The number of carbonyl (C=O) groups excluding carboxylic acids is 1. The zero-order valence-electron chi connectivity index (χ0n) is 12.5. The highest BCUT2D eigenvalue weighted by molar-refractivity contribution is 7.89. The fraction of sp³-hybridized carbons (Fsp3) is 0.357. The van der Waals surface area contributed by atoms with Crippen LogP contribution in [0.2, 0.25) is 0 Å². The van der Waals surface area contributed by atoms with Crippen molar-refractivity contribution in [1.29, 1.82) is 0 Å². The number of halogens is 3. The Morgan fingerprint density at radius 3 is 2.17 bits per heavy atom. The molecule has 0 heterocycles. The molecular weight excluding hydrogens is 335 g/mol. The van der Waals surface area contributed by atoms with Gasteiger partial charge in [-0.05, 0) is 19.1 Å². The maximum absolute atomic E-state index is 13.6. The quantitative estimate of drug-likeness (QED) is 0.631. The highest BCUT2D eigenvalue weighted by Crippen LogP contribution is 2.37. The molecule has 1 atom stereocenters. The van der Waals surface area contributed by atoms with Gasteiger partial charge in [0.25, 0.3) is 0 Å². The second kappa shape index (κ2) is 6.71. The average molecular weight is 351 g/mol. The van der Waals surface area contributed by atoms with Crippen molar-refractivity contribution in [2.24, 2.45) is 0 Å². The van der Waals surface area contributed by atoms with Gasteiger partial charge < -0.3 is 4.74 Å². The van der Waals surface area contributed by atoms with E-state index in [1.165, 1.54) is 29.8 Å². The number of carbonyl (C=O) groups is 1. The highest BCUT2D eigenvalue weighted by atomic mass is 32.2. The molecule has 0 bridgehead atoms. The van der Waals surface area contributed by atoms with Crippen LogP contribution in [0.5, 0.6) is 0 Å². The van der Waals surface area contributed by atoms with E-state index < -0.39 is 39.0 Å². The molecule has 23 heavy (non-hydrogen) atoms. The summed E-state index contributed by atoms with van der Waals surface area (Å²) in [6, 6.07) is 6.43. The molecule has 0 saturated carbocycles. The number of sulfonamides is 1. The number of nitrogens with one attached hydrogen (secondary N) is 1. The first kappa shape index (κ1) is 19.2. The Balaban J connectivity index is 3.46. The third-order valence-electron chi connectivity index (χ3n) is 2.95. The summed E-state index contributed by atoms with van der Waals surface area (Å²) in [6.45, 7) is 4.58. The number of hydrogen-bond acceptors (Lipinski definition) is 4. The zero-order chi connectivity index (χ0) is 17.9. The number of hydrogen-bond donors (Lipinski definition) is 1. The van der Waals surface area contributed by atoms with Gasteiger partial charge in [0.2, 0.25) is 15.6 Å². The number of alkyl halides is 3. The maximum atomic E-state index is 13.6. The van der Waals surface area contributed by atoms with Crippen molar-refractivity contribution in [3.8, 4) is 0 Å². The van der Waals surface area contributed by atoms with Crippen LogP contribution in [0.25, 0.3) is 0 Å². The van der Waals surface area contributed by atoms with Crippen LogP contribution < -0.4 is 4.72 Å². The minimum Gasteiger partial charge on any atom is -0.467 e. The molecule has 0 aliphatic rings. The van der Waals surface area contributed by atoms with Crippen LogP contribution in [0.1, 0.15) is 13.3 Å².